The van der Waals surface area contributed by atoms with Crippen LogP contribution in [0.1, 0.15) is 12.8 Å². The predicted molar refractivity (Wildman–Crippen MR) is 60.2 cm³/mol. The molecule has 0 aromatic carbocycles. The van der Waals surface area contributed by atoms with Crippen molar-refractivity contribution < 1.29 is 12.6 Å². The number of rotatable bonds is 5. The summed E-state index contributed by atoms with van der Waals surface area (Å²) in [7, 11) is -3.29. The second-order valence-corrected chi connectivity index (χ2v) is 5.69. The molecule has 0 aromatic rings. The van der Waals surface area contributed by atoms with Crippen LogP contribution in [-0.4, -0.2) is 45.8 Å². The van der Waals surface area contributed by atoms with Crippen molar-refractivity contribution in [3.8, 4) is 0 Å². The van der Waals surface area contributed by atoms with Crippen LogP contribution in [0, 0.1) is 5.92 Å². The summed E-state index contributed by atoms with van der Waals surface area (Å²) in [6.07, 6.45) is 5.12. The van der Waals surface area contributed by atoms with Crippen LogP contribution in [0.3, 0.4) is 0 Å². The molecule has 4 nitrogen and oxygen atoms in total. The van der Waals surface area contributed by atoms with Crippen molar-refractivity contribution in [1.82, 2.24) is 4.90 Å². The Morgan fingerprint density at radius 1 is 1.60 bits per heavy atom. The van der Waals surface area contributed by atoms with E-state index in [4.69, 9.17) is 4.18 Å². The van der Waals surface area contributed by atoms with Gasteiger partial charge in [-0.05, 0) is 25.3 Å². The number of piperidine rings is 1. The smallest absolute Gasteiger partial charge is 0.264 e. The molecule has 1 fully saturated rings. The average Bonchev–Trinajstić information content (AvgIpc) is 2.15. The van der Waals surface area contributed by atoms with Gasteiger partial charge in [0.1, 0.15) is 0 Å². The summed E-state index contributed by atoms with van der Waals surface area (Å²) in [5, 5.41) is 0. The summed E-state index contributed by atoms with van der Waals surface area (Å²) in [5.74, 6) is 0.327. The van der Waals surface area contributed by atoms with Gasteiger partial charge in [0.25, 0.3) is 10.1 Å². The number of hydrogen-bond acceptors (Lipinski definition) is 4. The topological polar surface area (TPSA) is 46.6 Å². The summed E-state index contributed by atoms with van der Waals surface area (Å²) in [5.41, 5.74) is 0. The third-order valence-electron chi connectivity index (χ3n) is 2.51. The van der Waals surface area contributed by atoms with Gasteiger partial charge in [-0.3, -0.25) is 9.08 Å². The molecular weight excluding hydrogens is 214 g/mol. The molecular formula is C10H19NO3S. The van der Waals surface area contributed by atoms with Crippen LogP contribution in [0.4, 0.5) is 0 Å². The minimum Gasteiger partial charge on any atom is -0.299 e. The lowest BCUT2D eigenvalue weighted by Crippen LogP contribution is -2.37. The van der Waals surface area contributed by atoms with Gasteiger partial charge in [0.05, 0.1) is 12.9 Å². The van der Waals surface area contributed by atoms with E-state index in [0.29, 0.717) is 12.5 Å². The van der Waals surface area contributed by atoms with Gasteiger partial charge in [-0.1, -0.05) is 6.08 Å². The fourth-order valence-electron chi connectivity index (χ4n) is 1.86. The maximum Gasteiger partial charge on any atom is 0.264 e. The van der Waals surface area contributed by atoms with Gasteiger partial charge in [0.2, 0.25) is 0 Å². The molecule has 1 rings (SSSR count). The molecule has 1 aliphatic rings. The fourth-order valence-corrected chi connectivity index (χ4v) is 2.30. The van der Waals surface area contributed by atoms with Gasteiger partial charge in [-0.25, -0.2) is 0 Å². The van der Waals surface area contributed by atoms with E-state index in [2.05, 4.69) is 11.5 Å². The van der Waals surface area contributed by atoms with Crippen molar-refractivity contribution in [2.45, 2.75) is 12.8 Å². The minimum absolute atomic E-state index is 0.312. The molecule has 0 bridgehead atoms. The van der Waals surface area contributed by atoms with Gasteiger partial charge >= 0.3 is 0 Å². The lowest BCUT2D eigenvalue weighted by molar-refractivity contribution is 0.143. The second-order valence-electron chi connectivity index (χ2n) is 4.05. The standard InChI is InChI=1S/C10H19NO3S/c1-3-6-11-7-4-5-10(8-11)9-14-15(2,12)13/h3,10H,1,4-9H2,2H3/t10-/m1/s1. The summed E-state index contributed by atoms with van der Waals surface area (Å²) < 4.78 is 26.5. The normalized spacial score (nSPS) is 23.9. The highest BCUT2D eigenvalue weighted by atomic mass is 32.2. The maximum absolute atomic E-state index is 10.8. The molecule has 88 valence electrons. The number of hydrogen-bond donors (Lipinski definition) is 0. The van der Waals surface area contributed by atoms with Gasteiger partial charge in [-0.15, -0.1) is 6.58 Å². The van der Waals surface area contributed by atoms with E-state index in [1.807, 2.05) is 6.08 Å². The van der Waals surface area contributed by atoms with E-state index in [0.717, 1.165) is 38.7 Å². The third-order valence-corrected chi connectivity index (χ3v) is 3.07. The Morgan fingerprint density at radius 3 is 2.93 bits per heavy atom. The predicted octanol–water partition coefficient (Wildman–Crippen LogP) is 0.861. The lowest BCUT2D eigenvalue weighted by Gasteiger charge is -2.31. The molecule has 1 heterocycles. The van der Waals surface area contributed by atoms with E-state index >= 15 is 0 Å². The quantitative estimate of drug-likeness (QED) is 0.522. The van der Waals surface area contributed by atoms with Gasteiger partial charge in [-0.2, -0.15) is 8.42 Å². The van der Waals surface area contributed by atoms with Crippen molar-refractivity contribution in [3.05, 3.63) is 12.7 Å². The van der Waals surface area contributed by atoms with E-state index < -0.39 is 10.1 Å². The first kappa shape index (κ1) is 12.7. The van der Waals surface area contributed by atoms with Crippen LogP contribution in [0.2, 0.25) is 0 Å². The van der Waals surface area contributed by atoms with E-state index in [1.54, 1.807) is 0 Å². The molecule has 15 heavy (non-hydrogen) atoms. The number of nitrogens with zero attached hydrogens (tertiary/aromatic N) is 1. The molecule has 0 unspecified atom stereocenters. The molecule has 0 aliphatic carbocycles. The lowest BCUT2D eigenvalue weighted by atomic mass is 9.99. The molecule has 0 N–H and O–H groups in total. The van der Waals surface area contributed by atoms with Crippen molar-refractivity contribution in [2.75, 3.05) is 32.5 Å². The summed E-state index contributed by atoms with van der Waals surface area (Å²) in [4.78, 5) is 2.27. The van der Waals surface area contributed by atoms with Crippen LogP contribution in [0.25, 0.3) is 0 Å². The van der Waals surface area contributed by atoms with Crippen molar-refractivity contribution >= 4 is 10.1 Å². The highest BCUT2D eigenvalue weighted by molar-refractivity contribution is 7.85. The Balaban J connectivity index is 2.33. The van der Waals surface area contributed by atoms with E-state index in [1.165, 1.54) is 0 Å². The molecule has 5 heteroatoms. The maximum atomic E-state index is 10.8. The first-order chi connectivity index (χ1) is 7.01. The van der Waals surface area contributed by atoms with E-state index in [-0.39, 0.29) is 0 Å². The summed E-state index contributed by atoms with van der Waals surface area (Å²) in [6, 6.07) is 0. The summed E-state index contributed by atoms with van der Waals surface area (Å²) >= 11 is 0. The Kier molecular flexibility index (Phi) is 4.76. The van der Waals surface area contributed by atoms with Crippen molar-refractivity contribution in [3.63, 3.8) is 0 Å². The molecule has 0 amide bonds. The monoisotopic (exact) mass is 233 g/mol. The summed E-state index contributed by atoms with van der Waals surface area (Å²) in [6.45, 7) is 6.85. The van der Waals surface area contributed by atoms with Crippen molar-refractivity contribution in [1.29, 1.82) is 0 Å². The van der Waals surface area contributed by atoms with Gasteiger partial charge in [0.15, 0.2) is 0 Å². The molecule has 0 saturated carbocycles. The second kappa shape index (κ2) is 5.63. The zero-order chi connectivity index (χ0) is 11.3. The van der Waals surface area contributed by atoms with Gasteiger partial charge < -0.3 is 0 Å². The van der Waals surface area contributed by atoms with Gasteiger partial charge in [0, 0.05) is 13.1 Å². The highest BCUT2D eigenvalue weighted by Crippen LogP contribution is 2.17. The Labute approximate surface area is 92.0 Å². The van der Waals surface area contributed by atoms with Crippen LogP contribution < -0.4 is 0 Å². The van der Waals surface area contributed by atoms with E-state index in [9.17, 15) is 8.42 Å². The molecule has 1 aliphatic heterocycles. The molecule has 1 saturated heterocycles. The zero-order valence-electron chi connectivity index (χ0n) is 9.18. The largest absolute Gasteiger partial charge is 0.299 e. The molecule has 0 radical (unpaired) electrons. The average molecular weight is 233 g/mol. The zero-order valence-corrected chi connectivity index (χ0v) is 10.0. The Hall–Kier alpha value is -0.390. The first-order valence-electron chi connectivity index (χ1n) is 5.19. The van der Waals surface area contributed by atoms with Crippen LogP contribution in [0.5, 0.6) is 0 Å². The Morgan fingerprint density at radius 2 is 2.33 bits per heavy atom. The van der Waals surface area contributed by atoms with Crippen LogP contribution >= 0.6 is 0 Å². The molecule has 0 aromatic heterocycles. The minimum atomic E-state index is -3.29. The number of likely N-dealkylation sites (tertiary alicyclic amines) is 1. The molecule has 0 spiro atoms. The van der Waals surface area contributed by atoms with Crippen molar-refractivity contribution in [2.24, 2.45) is 5.92 Å². The molecule has 1 atom stereocenters. The van der Waals surface area contributed by atoms with Crippen LogP contribution in [-0.2, 0) is 14.3 Å². The highest BCUT2D eigenvalue weighted by Gasteiger charge is 2.20. The Bertz CT molecular complexity index is 300. The third kappa shape index (κ3) is 5.30. The fraction of sp³-hybridized carbons (Fsp3) is 0.800. The van der Waals surface area contributed by atoms with Crippen LogP contribution in [0.15, 0.2) is 12.7 Å². The SMILES string of the molecule is C=CCN1CCC[C@@H](COS(C)(=O)=O)C1. The first-order valence-corrected chi connectivity index (χ1v) is 7.00.